The Labute approximate surface area is 187 Å². The lowest BCUT2D eigenvalue weighted by Gasteiger charge is -2.40. The summed E-state index contributed by atoms with van der Waals surface area (Å²) in [7, 11) is -2.35. The summed E-state index contributed by atoms with van der Waals surface area (Å²) in [6, 6.07) is 17.8. The number of para-hydroxylation sites is 1. The number of likely N-dealkylation sites (tertiary alicyclic amines) is 1. The monoisotopic (exact) mass is 451 g/mol. The van der Waals surface area contributed by atoms with Gasteiger partial charge in [0.15, 0.2) is 0 Å². The summed E-state index contributed by atoms with van der Waals surface area (Å²) >= 11 is 0. The second-order valence-corrected chi connectivity index (χ2v) is 10.1. The van der Waals surface area contributed by atoms with Gasteiger partial charge in [-0.25, -0.2) is 8.42 Å². The zero-order valence-corrected chi connectivity index (χ0v) is 18.6. The van der Waals surface area contributed by atoms with Crippen LogP contribution in [0, 0.1) is 5.92 Å². The largest absolute Gasteiger partial charge is 0.496 e. The fraction of sp³-hybridized carbons (Fsp3) is 0.292. The second-order valence-electron chi connectivity index (χ2n) is 8.30. The first kappa shape index (κ1) is 20.8. The minimum Gasteiger partial charge on any atom is -0.496 e. The molecule has 0 aromatic heterocycles. The molecule has 0 spiro atoms. The van der Waals surface area contributed by atoms with E-state index < -0.39 is 15.9 Å². The van der Waals surface area contributed by atoms with Crippen LogP contribution in [0.3, 0.4) is 0 Å². The summed E-state index contributed by atoms with van der Waals surface area (Å²) in [5.41, 5.74) is 7.00. The first-order valence-electron chi connectivity index (χ1n) is 10.6. The molecule has 5 rings (SSSR count). The van der Waals surface area contributed by atoms with Gasteiger partial charge in [0, 0.05) is 29.8 Å². The molecule has 3 aromatic carbocycles. The molecule has 2 aliphatic rings. The molecule has 166 valence electrons. The van der Waals surface area contributed by atoms with Gasteiger partial charge in [-0.1, -0.05) is 42.5 Å². The van der Waals surface area contributed by atoms with Gasteiger partial charge in [0.1, 0.15) is 5.75 Å². The van der Waals surface area contributed by atoms with Gasteiger partial charge >= 0.3 is 0 Å². The number of carbonyl (C=O) groups excluding carboxylic acids is 1. The van der Waals surface area contributed by atoms with Crippen LogP contribution < -0.4 is 14.8 Å². The number of benzene rings is 3. The Kier molecular flexibility index (Phi) is 5.06. The lowest BCUT2D eigenvalue weighted by Crippen LogP contribution is -2.54. The predicted octanol–water partition coefficient (Wildman–Crippen LogP) is 2.56. The van der Waals surface area contributed by atoms with Crippen LogP contribution in [0.5, 0.6) is 5.75 Å². The Morgan fingerprint density at radius 1 is 1.00 bits per heavy atom. The highest BCUT2D eigenvalue weighted by Crippen LogP contribution is 2.42. The Bertz CT molecular complexity index is 1300. The van der Waals surface area contributed by atoms with E-state index in [2.05, 4.69) is 0 Å². The number of rotatable bonds is 5. The molecule has 1 atom stereocenters. The van der Waals surface area contributed by atoms with E-state index in [-0.39, 0.29) is 17.3 Å². The molecule has 1 saturated heterocycles. The van der Waals surface area contributed by atoms with Gasteiger partial charge in [0.2, 0.25) is 5.91 Å². The quantitative estimate of drug-likeness (QED) is 0.644. The van der Waals surface area contributed by atoms with E-state index in [0.717, 1.165) is 10.9 Å². The van der Waals surface area contributed by atoms with Crippen LogP contribution in [0.1, 0.15) is 11.5 Å². The number of hydrogen-bond acceptors (Lipinski definition) is 5. The number of carbonyl (C=O) groups is 1. The average molecular weight is 452 g/mol. The number of hydrogen-bond donors (Lipinski definition) is 1. The van der Waals surface area contributed by atoms with Crippen LogP contribution >= 0.6 is 0 Å². The normalized spacial score (nSPS) is 18.5. The van der Waals surface area contributed by atoms with Gasteiger partial charge in [0.25, 0.3) is 10.0 Å². The molecule has 7 nitrogen and oxygen atoms in total. The van der Waals surface area contributed by atoms with Gasteiger partial charge in [-0.3, -0.25) is 9.10 Å². The van der Waals surface area contributed by atoms with Crippen LogP contribution in [0.15, 0.2) is 65.6 Å². The molecule has 32 heavy (non-hydrogen) atoms. The molecule has 2 heterocycles. The molecule has 0 saturated carbocycles. The van der Waals surface area contributed by atoms with Crippen molar-refractivity contribution in [2.24, 2.45) is 11.7 Å². The van der Waals surface area contributed by atoms with E-state index in [4.69, 9.17) is 10.5 Å². The third-order valence-electron chi connectivity index (χ3n) is 6.46. The summed E-state index contributed by atoms with van der Waals surface area (Å²) < 4.78 is 34.5. The fourth-order valence-corrected chi connectivity index (χ4v) is 6.40. The first-order valence-corrected chi connectivity index (χ1v) is 12.1. The number of sulfonamides is 1. The zero-order chi connectivity index (χ0) is 22.5. The van der Waals surface area contributed by atoms with Gasteiger partial charge in [-0.2, -0.15) is 0 Å². The SMILES string of the molecule is COc1ccc(S(=O)(=O)N2CC(C(=O)N3CC(CN)C3)c3ccccc32)c2ccccc12. The molecule has 0 aliphatic carbocycles. The van der Waals surface area contributed by atoms with Crippen molar-refractivity contribution in [1.82, 2.24) is 4.90 Å². The van der Waals surface area contributed by atoms with Crippen molar-refractivity contribution < 1.29 is 17.9 Å². The zero-order valence-electron chi connectivity index (χ0n) is 17.8. The van der Waals surface area contributed by atoms with Crippen LogP contribution in [0.25, 0.3) is 10.8 Å². The molecular formula is C24H25N3O4S. The number of anilines is 1. The van der Waals surface area contributed by atoms with Crippen molar-refractivity contribution in [3.8, 4) is 5.75 Å². The van der Waals surface area contributed by atoms with Crippen LogP contribution in [-0.2, 0) is 14.8 Å². The van der Waals surface area contributed by atoms with E-state index in [1.165, 1.54) is 4.31 Å². The van der Waals surface area contributed by atoms with E-state index in [1.54, 1.807) is 42.3 Å². The molecule has 1 fully saturated rings. The standard InChI is InChI=1S/C24H25N3O4S/c1-31-22-10-11-23(19-8-3-2-7-18(19)22)32(29,30)27-15-20(17-6-4-5-9-21(17)27)24(28)26-13-16(12-25)14-26/h2-11,16,20H,12-15,25H2,1H3. The fourth-order valence-electron chi connectivity index (χ4n) is 4.70. The number of ether oxygens (including phenoxy) is 1. The van der Waals surface area contributed by atoms with Crippen LogP contribution in [-0.4, -0.2) is 52.5 Å². The number of amides is 1. The third kappa shape index (κ3) is 3.13. The summed E-state index contributed by atoms with van der Waals surface area (Å²) in [5.74, 6) is 0.367. The minimum absolute atomic E-state index is 0.0422. The molecule has 2 N–H and O–H groups in total. The van der Waals surface area contributed by atoms with Crippen LogP contribution in [0.2, 0.25) is 0 Å². The van der Waals surface area contributed by atoms with E-state index in [9.17, 15) is 13.2 Å². The van der Waals surface area contributed by atoms with E-state index in [0.29, 0.717) is 42.4 Å². The molecular weight excluding hydrogens is 426 g/mol. The summed E-state index contributed by atoms with van der Waals surface area (Å²) in [6.07, 6.45) is 0. The average Bonchev–Trinajstić information content (AvgIpc) is 3.18. The van der Waals surface area contributed by atoms with Crippen molar-refractivity contribution in [3.05, 3.63) is 66.2 Å². The number of nitrogens with two attached hydrogens (primary N) is 1. The summed E-state index contributed by atoms with van der Waals surface area (Å²) in [6.45, 7) is 1.90. The molecule has 8 heteroatoms. The minimum atomic E-state index is -3.91. The van der Waals surface area contributed by atoms with Crippen molar-refractivity contribution in [2.45, 2.75) is 10.8 Å². The van der Waals surface area contributed by atoms with Gasteiger partial charge in [-0.15, -0.1) is 0 Å². The Balaban J connectivity index is 1.55. The molecule has 0 radical (unpaired) electrons. The summed E-state index contributed by atoms with van der Waals surface area (Å²) in [5, 5.41) is 1.32. The molecule has 1 unspecified atom stereocenters. The topological polar surface area (TPSA) is 92.9 Å². The highest BCUT2D eigenvalue weighted by atomic mass is 32.2. The Morgan fingerprint density at radius 2 is 1.69 bits per heavy atom. The maximum absolute atomic E-state index is 13.9. The lowest BCUT2D eigenvalue weighted by molar-refractivity contribution is -0.138. The second kappa shape index (κ2) is 7.79. The predicted molar refractivity (Wildman–Crippen MR) is 123 cm³/mol. The van der Waals surface area contributed by atoms with Crippen molar-refractivity contribution in [2.75, 3.05) is 37.6 Å². The molecule has 2 aliphatic heterocycles. The number of fused-ring (bicyclic) bond motifs is 2. The third-order valence-corrected chi connectivity index (χ3v) is 8.30. The highest BCUT2D eigenvalue weighted by Gasteiger charge is 2.43. The van der Waals surface area contributed by atoms with Gasteiger partial charge in [-0.05, 0) is 30.3 Å². The van der Waals surface area contributed by atoms with E-state index >= 15 is 0 Å². The van der Waals surface area contributed by atoms with E-state index in [1.807, 2.05) is 30.3 Å². The van der Waals surface area contributed by atoms with Crippen molar-refractivity contribution in [1.29, 1.82) is 0 Å². The van der Waals surface area contributed by atoms with Crippen molar-refractivity contribution >= 4 is 32.4 Å². The maximum Gasteiger partial charge on any atom is 0.264 e. The lowest BCUT2D eigenvalue weighted by atomic mass is 9.94. The number of nitrogens with zero attached hydrogens (tertiary/aromatic N) is 2. The van der Waals surface area contributed by atoms with Crippen LogP contribution in [0.4, 0.5) is 5.69 Å². The summed E-state index contributed by atoms with van der Waals surface area (Å²) in [4.78, 5) is 15.2. The molecule has 0 bridgehead atoms. The first-order chi connectivity index (χ1) is 15.5. The number of methoxy groups -OCH3 is 1. The highest BCUT2D eigenvalue weighted by molar-refractivity contribution is 7.93. The molecule has 1 amide bonds. The molecule has 3 aromatic rings. The Hall–Kier alpha value is -3.10. The van der Waals surface area contributed by atoms with Gasteiger partial charge in [0.05, 0.1) is 30.2 Å². The smallest absolute Gasteiger partial charge is 0.264 e. The maximum atomic E-state index is 13.9. The van der Waals surface area contributed by atoms with Gasteiger partial charge < -0.3 is 15.4 Å². The Morgan fingerprint density at radius 3 is 2.41 bits per heavy atom. The van der Waals surface area contributed by atoms with Crippen molar-refractivity contribution in [3.63, 3.8) is 0 Å².